The van der Waals surface area contributed by atoms with Crippen LogP contribution in [0.4, 0.5) is 0 Å². The SMILES string of the molecule is CC(C)C1=NCc2cncnc21. The van der Waals surface area contributed by atoms with E-state index in [0.717, 1.165) is 23.5 Å². The van der Waals surface area contributed by atoms with E-state index in [2.05, 4.69) is 28.8 Å². The maximum absolute atomic E-state index is 4.42. The molecule has 12 heavy (non-hydrogen) atoms. The molecule has 0 unspecified atom stereocenters. The van der Waals surface area contributed by atoms with Crippen LogP contribution in [-0.2, 0) is 6.54 Å². The van der Waals surface area contributed by atoms with Gasteiger partial charge in [0.15, 0.2) is 0 Å². The predicted molar refractivity (Wildman–Crippen MR) is 47.1 cm³/mol. The lowest BCUT2D eigenvalue weighted by Gasteiger charge is -2.03. The summed E-state index contributed by atoms with van der Waals surface area (Å²) < 4.78 is 0. The van der Waals surface area contributed by atoms with Crippen LogP contribution in [0.5, 0.6) is 0 Å². The zero-order valence-corrected chi connectivity index (χ0v) is 7.28. The molecule has 0 fully saturated rings. The van der Waals surface area contributed by atoms with Crippen LogP contribution in [0.25, 0.3) is 0 Å². The van der Waals surface area contributed by atoms with Gasteiger partial charge in [0.25, 0.3) is 0 Å². The van der Waals surface area contributed by atoms with Crippen molar-refractivity contribution in [3.63, 3.8) is 0 Å². The number of fused-ring (bicyclic) bond motifs is 1. The van der Waals surface area contributed by atoms with Crippen molar-refractivity contribution in [3.05, 3.63) is 23.8 Å². The maximum atomic E-state index is 4.42. The third-order valence-corrected chi connectivity index (χ3v) is 2.00. The molecule has 0 saturated heterocycles. The van der Waals surface area contributed by atoms with Crippen LogP contribution < -0.4 is 0 Å². The average Bonchev–Trinajstić information content (AvgIpc) is 2.47. The van der Waals surface area contributed by atoms with E-state index in [9.17, 15) is 0 Å². The normalized spacial score (nSPS) is 14.8. The lowest BCUT2D eigenvalue weighted by molar-refractivity contribution is 0.878. The molecule has 1 aliphatic rings. The molecule has 0 bridgehead atoms. The van der Waals surface area contributed by atoms with Crippen molar-refractivity contribution in [2.45, 2.75) is 20.4 Å². The molecule has 0 spiro atoms. The summed E-state index contributed by atoms with van der Waals surface area (Å²) in [7, 11) is 0. The van der Waals surface area contributed by atoms with Crippen LogP contribution >= 0.6 is 0 Å². The first-order valence-corrected chi connectivity index (χ1v) is 4.12. The lowest BCUT2D eigenvalue weighted by Crippen LogP contribution is -2.09. The number of hydrogen-bond acceptors (Lipinski definition) is 3. The molecule has 3 heteroatoms. The second-order valence-corrected chi connectivity index (χ2v) is 3.25. The van der Waals surface area contributed by atoms with E-state index >= 15 is 0 Å². The van der Waals surface area contributed by atoms with Crippen molar-refractivity contribution in [1.82, 2.24) is 9.97 Å². The van der Waals surface area contributed by atoms with Crippen LogP contribution in [0.3, 0.4) is 0 Å². The van der Waals surface area contributed by atoms with Gasteiger partial charge in [-0.3, -0.25) is 4.99 Å². The second-order valence-electron chi connectivity index (χ2n) is 3.25. The van der Waals surface area contributed by atoms with Crippen molar-refractivity contribution in [3.8, 4) is 0 Å². The molecular weight excluding hydrogens is 150 g/mol. The summed E-state index contributed by atoms with van der Waals surface area (Å²) in [6.45, 7) is 5.02. The second kappa shape index (κ2) is 2.66. The largest absolute Gasteiger partial charge is 0.282 e. The third kappa shape index (κ3) is 1.02. The van der Waals surface area contributed by atoms with E-state index in [0.29, 0.717) is 5.92 Å². The first-order valence-electron chi connectivity index (χ1n) is 4.12. The topological polar surface area (TPSA) is 38.1 Å². The first kappa shape index (κ1) is 7.40. The van der Waals surface area contributed by atoms with Gasteiger partial charge in [-0.1, -0.05) is 13.8 Å². The molecule has 0 saturated carbocycles. The van der Waals surface area contributed by atoms with E-state index < -0.39 is 0 Å². The summed E-state index contributed by atoms with van der Waals surface area (Å²) in [5.74, 6) is 0.459. The van der Waals surface area contributed by atoms with Crippen molar-refractivity contribution in [2.75, 3.05) is 0 Å². The van der Waals surface area contributed by atoms with Crippen molar-refractivity contribution < 1.29 is 0 Å². The first-order chi connectivity index (χ1) is 5.79. The van der Waals surface area contributed by atoms with Gasteiger partial charge in [0.2, 0.25) is 0 Å². The highest BCUT2D eigenvalue weighted by atomic mass is 14.9. The number of aliphatic imine (C=N–C) groups is 1. The summed E-state index contributed by atoms with van der Waals surface area (Å²) in [6.07, 6.45) is 3.43. The van der Waals surface area contributed by atoms with E-state index in [-0.39, 0.29) is 0 Å². The molecule has 0 aliphatic carbocycles. The lowest BCUT2D eigenvalue weighted by atomic mass is 10.0. The molecule has 0 atom stereocenters. The highest BCUT2D eigenvalue weighted by Gasteiger charge is 2.19. The molecule has 1 aromatic rings. The summed E-state index contributed by atoms with van der Waals surface area (Å²) in [5, 5.41) is 0. The Kier molecular flexibility index (Phi) is 1.64. The average molecular weight is 161 g/mol. The number of rotatable bonds is 1. The van der Waals surface area contributed by atoms with Gasteiger partial charge in [0.05, 0.1) is 18.0 Å². The zero-order chi connectivity index (χ0) is 8.55. The van der Waals surface area contributed by atoms with E-state index in [1.165, 1.54) is 0 Å². The Balaban J connectivity index is 2.45. The fraction of sp³-hybridized carbons (Fsp3) is 0.444. The van der Waals surface area contributed by atoms with E-state index in [1.807, 2.05) is 6.20 Å². The fourth-order valence-corrected chi connectivity index (χ4v) is 1.41. The molecule has 2 rings (SSSR count). The Bertz CT molecular complexity index is 328. The Labute approximate surface area is 71.6 Å². The molecule has 0 N–H and O–H groups in total. The van der Waals surface area contributed by atoms with Crippen LogP contribution in [0.2, 0.25) is 0 Å². The zero-order valence-electron chi connectivity index (χ0n) is 7.28. The van der Waals surface area contributed by atoms with Gasteiger partial charge >= 0.3 is 0 Å². The smallest absolute Gasteiger partial charge is 0.116 e. The molecule has 1 aliphatic heterocycles. The molecular formula is C9H11N3. The molecule has 2 heterocycles. The Morgan fingerprint density at radius 1 is 1.42 bits per heavy atom. The van der Waals surface area contributed by atoms with E-state index in [4.69, 9.17) is 0 Å². The van der Waals surface area contributed by atoms with Crippen molar-refractivity contribution in [1.29, 1.82) is 0 Å². The van der Waals surface area contributed by atoms with E-state index in [1.54, 1.807) is 6.33 Å². The quantitative estimate of drug-likeness (QED) is 0.625. The molecule has 0 radical (unpaired) electrons. The Morgan fingerprint density at radius 3 is 3.00 bits per heavy atom. The molecule has 0 amide bonds. The predicted octanol–water partition coefficient (Wildman–Crippen LogP) is 1.44. The van der Waals surface area contributed by atoms with Gasteiger partial charge in [-0.05, 0) is 5.92 Å². The standard InChI is InChI=1S/C9H11N3/c1-6(2)8-9-7(4-11-8)3-10-5-12-9/h3,5-6H,4H2,1-2H3. The van der Waals surface area contributed by atoms with Crippen LogP contribution in [0.1, 0.15) is 25.1 Å². The van der Waals surface area contributed by atoms with Gasteiger partial charge in [0, 0.05) is 11.8 Å². The number of aromatic nitrogens is 2. The highest BCUT2D eigenvalue weighted by Crippen LogP contribution is 2.19. The summed E-state index contributed by atoms with van der Waals surface area (Å²) in [4.78, 5) is 12.6. The highest BCUT2D eigenvalue weighted by molar-refractivity contribution is 6.03. The number of nitrogens with zero attached hydrogens (tertiary/aromatic N) is 3. The van der Waals surface area contributed by atoms with Crippen LogP contribution in [-0.4, -0.2) is 15.7 Å². The van der Waals surface area contributed by atoms with Gasteiger partial charge in [0.1, 0.15) is 6.33 Å². The Morgan fingerprint density at radius 2 is 2.25 bits per heavy atom. The number of hydrogen-bond donors (Lipinski definition) is 0. The monoisotopic (exact) mass is 161 g/mol. The molecule has 1 aromatic heterocycles. The van der Waals surface area contributed by atoms with Crippen molar-refractivity contribution >= 4 is 5.71 Å². The Hall–Kier alpha value is -1.25. The fourth-order valence-electron chi connectivity index (χ4n) is 1.41. The van der Waals surface area contributed by atoms with Crippen LogP contribution in [0.15, 0.2) is 17.5 Å². The van der Waals surface area contributed by atoms with Gasteiger partial charge in [-0.25, -0.2) is 9.97 Å². The summed E-state index contributed by atoms with van der Waals surface area (Å²) in [6, 6.07) is 0. The molecule has 0 aromatic carbocycles. The third-order valence-electron chi connectivity index (χ3n) is 2.00. The minimum Gasteiger partial charge on any atom is -0.282 e. The van der Waals surface area contributed by atoms with Crippen LogP contribution in [0, 0.1) is 5.92 Å². The summed E-state index contributed by atoms with van der Waals surface area (Å²) >= 11 is 0. The minimum absolute atomic E-state index is 0.459. The molecule has 62 valence electrons. The summed E-state index contributed by atoms with van der Waals surface area (Å²) in [5.41, 5.74) is 3.31. The van der Waals surface area contributed by atoms with Gasteiger partial charge in [-0.15, -0.1) is 0 Å². The van der Waals surface area contributed by atoms with Crippen molar-refractivity contribution in [2.24, 2.45) is 10.9 Å². The maximum Gasteiger partial charge on any atom is 0.116 e. The minimum atomic E-state index is 0.459. The van der Waals surface area contributed by atoms with Gasteiger partial charge < -0.3 is 0 Å². The molecule has 3 nitrogen and oxygen atoms in total. The van der Waals surface area contributed by atoms with Gasteiger partial charge in [-0.2, -0.15) is 0 Å².